The van der Waals surface area contributed by atoms with Crippen LogP contribution in [0.1, 0.15) is 10.5 Å². The summed E-state index contributed by atoms with van der Waals surface area (Å²) in [4.78, 5) is 30.8. The van der Waals surface area contributed by atoms with Crippen molar-refractivity contribution in [3.63, 3.8) is 0 Å². The van der Waals surface area contributed by atoms with Crippen LogP contribution in [0.3, 0.4) is 0 Å². The molecule has 5 rings (SSSR count). The van der Waals surface area contributed by atoms with E-state index in [-0.39, 0.29) is 17.5 Å². The molecule has 4 aromatic rings. The molecule has 2 aromatic carbocycles. The first-order valence-corrected chi connectivity index (χ1v) is 10.7. The fourth-order valence-electron chi connectivity index (χ4n) is 3.87. The van der Waals surface area contributed by atoms with E-state index in [1.54, 1.807) is 35.2 Å². The highest BCUT2D eigenvalue weighted by molar-refractivity contribution is 5.96. The molecule has 2 aromatic heterocycles. The summed E-state index contributed by atoms with van der Waals surface area (Å²) in [5, 5.41) is 0. The number of pyridine rings is 1. The Bertz CT molecular complexity index is 1320. The van der Waals surface area contributed by atoms with Crippen molar-refractivity contribution in [3.05, 3.63) is 78.1 Å². The zero-order chi connectivity index (χ0) is 22.9. The monoisotopic (exact) mass is 445 g/mol. The number of hydrogen-bond acceptors (Lipinski definition) is 5. The highest BCUT2D eigenvalue weighted by Crippen LogP contribution is 2.31. The topological polar surface area (TPSA) is 62.2 Å². The lowest BCUT2D eigenvalue weighted by Crippen LogP contribution is -2.47. The van der Waals surface area contributed by atoms with Gasteiger partial charge in [0.1, 0.15) is 22.8 Å². The molecule has 1 amide bonds. The van der Waals surface area contributed by atoms with Gasteiger partial charge in [0.15, 0.2) is 0 Å². The number of halogens is 2. The molecule has 8 heteroatoms. The van der Waals surface area contributed by atoms with Crippen molar-refractivity contribution in [1.29, 1.82) is 0 Å². The largest absolute Gasteiger partial charge is 0.335 e. The average Bonchev–Trinajstić information content (AvgIpc) is 2.84. The molecule has 1 aliphatic rings. The van der Waals surface area contributed by atoms with Crippen molar-refractivity contribution < 1.29 is 13.6 Å². The van der Waals surface area contributed by atoms with Gasteiger partial charge in [-0.25, -0.2) is 23.7 Å². The smallest absolute Gasteiger partial charge is 0.272 e. The van der Waals surface area contributed by atoms with Crippen molar-refractivity contribution in [3.8, 4) is 22.5 Å². The highest BCUT2D eigenvalue weighted by atomic mass is 19.1. The van der Waals surface area contributed by atoms with E-state index in [0.717, 1.165) is 13.1 Å². The van der Waals surface area contributed by atoms with Crippen LogP contribution >= 0.6 is 0 Å². The summed E-state index contributed by atoms with van der Waals surface area (Å²) >= 11 is 0. The van der Waals surface area contributed by atoms with E-state index in [9.17, 15) is 13.6 Å². The summed E-state index contributed by atoms with van der Waals surface area (Å²) in [6.07, 6.45) is 1.53. The second-order valence-corrected chi connectivity index (χ2v) is 8.09. The molecule has 1 aliphatic heterocycles. The molecule has 0 radical (unpaired) electrons. The first kappa shape index (κ1) is 21.1. The number of piperazine rings is 1. The van der Waals surface area contributed by atoms with Crippen LogP contribution in [-0.2, 0) is 0 Å². The average molecular weight is 445 g/mol. The van der Waals surface area contributed by atoms with Crippen molar-refractivity contribution in [2.45, 2.75) is 0 Å². The van der Waals surface area contributed by atoms with Crippen molar-refractivity contribution in [2.24, 2.45) is 0 Å². The second-order valence-electron chi connectivity index (χ2n) is 8.09. The van der Waals surface area contributed by atoms with Gasteiger partial charge in [-0.15, -0.1) is 0 Å². The van der Waals surface area contributed by atoms with Crippen LogP contribution in [0.4, 0.5) is 8.78 Å². The van der Waals surface area contributed by atoms with Gasteiger partial charge in [0, 0.05) is 37.3 Å². The molecule has 33 heavy (non-hydrogen) atoms. The zero-order valence-electron chi connectivity index (χ0n) is 18.0. The number of hydrogen-bond donors (Lipinski definition) is 0. The maximum absolute atomic E-state index is 13.5. The van der Waals surface area contributed by atoms with Crippen molar-refractivity contribution >= 4 is 16.9 Å². The molecule has 1 fully saturated rings. The van der Waals surface area contributed by atoms with E-state index < -0.39 is 0 Å². The Morgan fingerprint density at radius 2 is 1.30 bits per heavy atom. The molecule has 0 atom stereocenters. The molecule has 3 heterocycles. The van der Waals surface area contributed by atoms with Crippen LogP contribution < -0.4 is 0 Å². The molecule has 0 saturated carbocycles. The number of carbonyl (C=O) groups is 1. The minimum absolute atomic E-state index is 0.141. The Morgan fingerprint density at radius 1 is 0.788 bits per heavy atom. The fourth-order valence-corrected chi connectivity index (χ4v) is 3.87. The first-order valence-electron chi connectivity index (χ1n) is 10.7. The Labute approximate surface area is 189 Å². The maximum atomic E-state index is 13.5. The zero-order valence-corrected chi connectivity index (χ0v) is 18.0. The summed E-state index contributed by atoms with van der Waals surface area (Å²) < 4.78 is 27.0. The number of fused-ring (bicyclic) bond motifs is 1. The number of aromatic nitrogens is 3. The highest BCUT2D eigenvalue weighted by Gasteiger charge is 2.22. The van der Waals surface area contributed by atoms with E-state index >= 15 is 0 Å². The minimum Gasteiger partial charge on any atom is -0.335 e. The minimum atomic E-state index is -0.361. The summed E-state index contributed by atoms with van der Waals surface area (Å²) in [6.45, 7) is 2.92. The summed E-state index contributed by atoms with van der Waals surface area (Å²) in [7, 11) is 2.03. The van der Waals surface area contributed by atoms with Gasteiger partial charge in [-0.2, -0.15) is 0 Å². The molecule has 166 valence electrons. The normalized spacial score (nSPS) is 14.6. The van der Waals surface area contributed by atoms with E-state index in [1.807, 2.05) is 7.05 Å². The van der Waals surface area contributed by atoms with Gasteiger partial charge in [0.2, 0.25) is 0 Å². The third-order valence-corrected chi connectivity index (χ3v) is 5.80. The van der Waals surface area contributed by atoms with Crippen molar-refractivity contribution in [1.82, 2.24) is 24.8 Å². The fraction of sp³-hybridized carbons (Fsp3) is 0.200. The molecule has 0 bridgehead atoms. The molecular weight excluding hydrogens is 424 g/mol. The number of likely N-dealkylation sites (N-methyl/N-ethyl adjacent to an activating group) is 1. The van der Waals surface area contributed by atoms with Crippen LogP contribution in [0.2, 0.25) is 0 Å². The Morgan fingerprint density at radius 3 is 1.85 bits per heavy atom. The molecular formula is C25H21F2N5O. The lowest BCUT2D eigenvalue weighted by molar-refractivity contribution is 0.0658. The third kappa shape index (κ3) is 4.29. The number of nitrogens with zero attached hydrogens (tertiary/aromatic N) is 5. The van der Waals surface area contributed by atoms with Crippen LogP contribution in [0.15, 0.2) is 60.8 Å². The van der Waals surface area contributed by atoms with Gasteiger partial charge >= 0.3 is 0 Å². The maximum Gasteiger partial charge on any atom is 0.272 e. The van der Waals surface area contributed by atoms with E-state index in [4.69, 9.17) is 9.97 Å². The number of carbonyl (C=O) groups excluding carboxylic acids is 1. The predicted octanol–water partition coefficient (Wildman–Crippen LogP) is 4.02. The lowest BCUT2D eigenvalue weighted by Gasteiger charge is -2.32. The van der Waals surface area contributed by atoms with Gasteiger partial charge in [-0.1, -0.05) is 0 Å². The molecule has 6 nitrogen and oxygen atoms in total. The van der Waals surface area contributed by atoms with Gasteiger partial charge in [0.05, 0.1) is 23.1 Å². The van der Waals surface area contributed by atoms with Gasteiger partial charge < -0.3 is 9.80 Å². The molecule has 0 aliphatic carbocycles. The Kier molecular flexibility index (Phi) is 5.51. The van der Waals surface area contributed by atoms with Gasteiger partial charge in [-0.3, -0.25) is 4.79 Å². The van der Waals surface area contributed by atoms with Crippen LogP contribution in [0.5, 0.6) is 0 Å². The summed E-state index contributed by atoms with van der Waals surface area (Å²) in [5.74, 6) is -0.859. The molecule has 0 N–H and O–H groups in total. The summed E-state index contributed by atoms with van der Waals surface area (Å²) in [6, 6.07) is 13.5. The van der Waals surface area contributed by atoms with Crippen LogP contribution in [0, 0.1) is 11.6 Å². The van der Waals surface area contributed by atoms with E-state index in [0.29, 0.717) is 52.3 Å². The second kappa shape index (κ2) is 8.63. The van der Waals surface area contributed by atoms with Gasteiger partial charge in [0.25, 0.3) is 5.91 Å². The Balaban J connectivity index is 1.60. The number of benzene rings is 2. The standard InChI is InChI=1S/C25H21F2N5O/c1-31-10-12-32(13-11-31)25(33)21-14-20-22(15-28-21)30-24(17-4-8-19(27)9-5-17)23(29-20)16-2-6-18(26)7-3-16/h2-9,14-15H,10-13H2,1H3. The Hall–Kier alpha value is -3.78. The SMILES string of the molecule is CN1CCN(C(=O)c2cc3nc(-c4ccc(F)cc4)c(-c4ccc(F)cc4)nc3cn2)CC1. The molecule has 1 saturated heterocycles. The quantitative estimate of drug-likeness (QED) is 0.477. The lowest BCUT2D eigenvalue weighted by atomic mass is 10.0. The predicted molar refractivity (Wildman–Crippen MR) is 122 cm³/mol. The third-order valence-electron chi connectivity index (χ3n) is 5.80. The molecule has 0 spiro atoms. The van der Waals surface area contributed by atoms with E-state index in [2.05, 4.69) is 9.88 Å². The molecule has 0 unspecified atom stereocenters. The number of amides is 1. The number of rotatable bonds is 3. The first-order chi connectivity index (χ1) is 16.0. The van der Waals surface area contributed by atoms with Crippen molar-refractivity contribution in [2.75, 3.05) is 33.2 Å². The van der Waals surface area contributed by atoms with Crippen LogP contribution in [0.25, 0.3) is 33.5 Å². The van der Waals surface area contributed by atoms with E-state index in [1.165, 1.54) is 30.5 Å². The summed E-state index contributed by atoms with van der Waals surface area (Å²) in [5.41, 5.74) is 3.69. The van der Waals surface area contributed by atoms with Gasteiger partial charge in [-0.05, 0) is 61.6 Å². The van der Waals surface area contributed by atoms with Crippen LogP contribution in [-0.4, -0.2) is 63.9 Å².